The molecule has 2 aromatic rings. The summed E-state index contributed by atoms with van der Waals surface area (Å²) in [5.74, 6) is 3.54. The summed E-state index contributed by atoms with van der Waals surface area (Å²) < 4.78 is 16.0. The topological polar surface area (TPSA) is 54.2 Å². The maximum atomic E-state index is 14.3. The number of nitrogens with one attached hydrogen (secondary N) is 2. The first-order valence-electron chi connectivity index (χ1n) is 7.40. The van der Waals surface area contributed by atoms with Gasteiger partial charge in [0.05, 0.1) is 18.8 Å². The highest BCUT2D eigenvalue weighted by atomic mass is 127. The van der Waals surface area contributed by atoms with E-state index in [1.807, 2.05) is 19.9 Å². The van der Waals surface area contributed by atoms with Crippen molar-refractivity contribution in [1.82, 2.24) is 20.2 Å². The minimum absolute atomic E-state index is 0. The van der Waals surface area contributed by atoms with Crippen molar-refractivity contribution in [3.63, 3.8) is 0 Å². The first-order chi connectivity index (χ1) is 11.2. The zero-order valence-corrected chi connectivity index (χ0v) is 16.0. The van der Waals surface area contributed by atoms with Gasteiger partial charge in [0.25, 0.3) is 0 Å². The lowest BCUT2D eigenvalue weighted by atomic mass is 10.2. The predicted molar refractivity (Wildman–Crippen MR) is 105 cm³/mol. The molecule has 1 heterocycles. The Bertz CT molecular complexity index is 733. The van der Waals surface area contributed by atoms with Crippen molar-refractivity contribution in [2.45, 2.75) is 20.4 Å². The first-order valence-corrected chi connectivity index (χ1v) is 7.40. The second kappa shape index (κ2) is 9.93. The Morgan fingerprint density at radius 3 is 2.79 bits per heavy atom. The maximum absolute atomic E-state index is 14.3. The monoisotopic (exact) mass is 441 g/mol. The molecule has 128 valence electrons. The van der Waals surface area contributed by atoms with Gasteiger partial charge in [0.2, 0.25) is 0 Å². The summed E-state index contributed by atoms with van der Waals surface area (Å²) in [7, 11) is 0. The minimum Gasteiger partial charge on any atom is -0.357 e. The van der Waals surface area contributed by atoms with E-state index in [-0.39, 0.29) is 29.8 Å². The van der Waals surface area contributed by atoms with E-state index in [0.717, 1.165) is 17.9 Å². The van der Waals surface area contributed by atoms with Crippen LogP contribution in [0.1, 0.15) is 18.3 Å². The molecule has 2 rings (SSSR count). The predicted octanol–water partition coefficient (Wildman–Crippen LogP) is 2.63. The van der Waals surface area contributed by atoms with Crippen LogP contribution in [-0.4, -0.2) is 28.6 Å². The van der Waals surface area contributed by atoms with Gasteiger partial charge in [-0.25, -0.2) is 14.4 Å². The van der Waals surface area contributed by atoms with Crippen LogP contribution in [0, 0.1) is 25.1 Å². The van der Waals surface area contributed by atoms with Crippen molar-refractivity contribution in [2.75, 3.05) is 13.1 Å². The molecular formula is C17H21FIN5. The number of aromatic nitrogens is 2. The summed E-state index contributed by atoms with van der Waals surface area (Å²) in [5.41, 5.74) is 1.26. The van der Waals surface area contributed by atoms with E-state index in [4.69, 9.17) is 6.42 Å². The van der Waals surface area contributed by atoms with Crippen molar-refractivity contribution in [3.05, 3.63) is 47.8 Å². The second-order valence-electron chi connectivity index (χ2n) is 4.88. The van der Waals surface area contributed by atoms with Crippen molar-refractivity contribution >= 4 is 29.9 Å². The van der Waals surface area contributed by atoms with Gasteiger partial charge in [-0.05, 0) is 31.5 Å². The molecule has 0 amide bonds. The number of aryl methyl sites for hydroxylation is 1. The summed E-state index contributed by atoms with van der Waals surface area (Å²) >= 11 is 0. The molecule has 0 saturated carbocycles. The number of hydrogen-bond acceptors (Lipinski definition) is 2. The highest BCUT2D eigenvalue weighted by molar-refractivity contribution is 14.0. The van der Waals surface area contributed by atoms with Gasteiger partial charge in [-0.3, -0.25) is 0 Å². The largest absolute Gasteiger partial charge is 0.357 e. The van der Waals surface area contributed by atoms with Crippen LogP contribution < -0.4 is 10.6 Å². The Kier molecular flexibility index (Phi) is 8.26. The molecule has 1 aromatic heterocycles. The molecule has 0 unspecified atom stereocenters. The molecule has 2 N–H and O–H groups in total. The average Bonchev–Trinajstić information content (AvgIpc) is 2.96. The maximum Gasteiger partial charge on any atom is 0.192 e. The fourth-order valence-corrected chi connectivity index (χ4v) is 2.12. The number of aliphatic imine (C=N–C) groups is 1. The van der Waals surface area contributed by atoms with Crippen LogP contribution in [0.5, 0.6) is 0 Å². The molecule has 0 bridgehead atoms. The number of imidazole rings is 1. The lowest BCUT2D eigenvalue weighted by Gasteiger charge is -2.10. The van der Waals surface area contributed by atoms with Gasteiger partial charge in [-0.1, -0.05) is 12.0 Å². The van der Waals surface area contributed by atoms with Gasteiger partial charge < -0.3 is 15.2 Å². The van der Waals surface area contributed by atoms with E-state index in [1.54, 1.807) is 23.0 Å². The number of hydrogen-bond donors (Lipinski definition) is 2. The number of rotatable bonds is 5. The standard InChI is InChI=1S/C17H20FN5.HI/c1-4-8-21-17(19-5-2)22-12-14-6-7-16(15(18)11-14)23-10-9-20-13(23)3;/h1,6-7,9-11H,5,8,12H2,2-3H3,(H2,19,21,22);1H. The van der Waals surface area contributed by atoms with E-state index in [1.165, 1.54) is 6.07 Å². The van der Waals surface area contributed by atoms with E-state index < -0.39 is 0 Å². The third kappa shape index (κ3) is 5.23. The number of guanidine groups is 1. The van der Waals surface area contributed by atoms with E-state index in [0.29, 0.717) is 24.7 Å². The minimum atomic E-state index is -0.305. The van der Waals surface area contributed by atoms with Crippen molar-refractivity contribution in [3.8, 4) is 18.0 Å². The fourth-order valence-electron chi connectivity index (χ4n) is 2.12. The zero-order valence-electron chi connectivity index (χ0n) is 13.7. The average molecular weight is 441 g/mol. The molecule has 0 fully saturated rings. The number of nitrogens with zero attached hydrogens (tertiary/aromatic N) is 3. The highest BCUT2D eigenvalue weighted by Gasteiger charge is 2.08. The highest BCUT2D eigenvalue weighted by Crippen LogP contribution is 2.17. The third-order valence-electron chi connectivity index (χ3n) is 3.22. The number of halogens is 2. The van der Waals surface area contributed by atoms with Crippen LogP contribution in [0.15, 0.2) is 35.6 Å². The molecule has 0 radical (unpaired) electrons. The summed E-state index contributed by atoms with van der Waals surface area (Å²) in [6.07, 6.45) is 8.60. The van der Waals surface area contributed by atoms with Crippen LogP contribution in [0.25, 0.3) is 5.69 Å². The van der Waals surface area contributed by atoms with Gasteiger partial charge in [0, 0.05) is 18.9 Å². The van der Waals surface area contributed by atoms with Gasteiger partial charge in [-0.15, -0.1) is 30.4 Å². The Balaban J connectivity index is 0.00000288. The Morgan fingerprint density at radius 2 is 2.21 bits per heavy atom. The van der Waals surface area contributed by atoms with Gasteiger partial charge in [0.1, 0.15) is 11.6 Å². The third-order valence-corrected chi connectivity index (χ3v) is 3.22. The summed E-state index contributed by atoms with van der Waals surface area (Å²) in [4.78, 5) is 8.49. The Hall–Kier alpha value is -2.08. The van der Waals surface area contributed by atoms with Gasteiger partial charge in [-0.2, -0.15) is 0 Å². The van der Waals surface area contributed by atoms with E-state index in [9.17, 15) is 4.39 Å². The van der Waals surface area contributed by atoms with Crippen LogP contribution >= 0.6 is 24.0 Å². The van der Waals surface area contributed by atoms with Crippen LogP contribution in [0.2, 0.25) is 0 Å². The smallest absolute Gasteiger partial charge is 0.192 e. The molecule has 0 spiro atoms. The van der Waals surface area contributed by atoms with Crippen molar-refractivity contribution in [2.24, 2.45) is 4.99 Å². The first kappa shape index (κ1) is 20.0. The van der Waals surface area contributed by atoms with Crippen molar-refractivity contribution in [1.29, 1.82) is 0 Å². The molecule has 0 aliphatic heterocycles. The molecule has 24 heavy (non-hydrogen) atoms. The molecule has 1 aromatic carbocycles. The molecule has 0 aliphatic rings. The van der Waals surface area contributed by atoms with Gasteiger partial charge >= 0.3 is 0 Å². The normalized spacial score (nSPS) is 10.7. The van der Waals surface area contributed by atoms with Gasteiger partial charge in [0.15, 0.2) is 5.96 Å². The summed E-state index contributed by atoms with van der Waals surface area (Å²) in [6.45, 7) is 5.27. The zero-order chi connectivity index (χ0) is 16.7. The van der Waals surface area contributed by atoms with E-state index in [2.05, 4.69) is 26.5 Å². The van der Waals surface area contributed by atoms with Crippen molar-refractivity contribution < 1.29 is 4.39 Å². The number of terminal acetylenes is 1. The SMILES string of the molecule is C#CCNC(=NCc1ccc(-n2ccnc2C)c(F)c1)NCC.I. The molecular weight excluding hydrogens is 420 g/mol. The lowest BCUT2D eigenvalue weighted by molar-refractivity contribution is 0.614. The molecule has 5 nitrogen and oxygen atoms in total. The lowest BCUT2D eigenvalue weighted by Crippen LogP contribution is -2.37. The summed E-state index contributed by atoms with van der Waals surface area (Å²) in [5, 5.41) is 6.07. The molecule has 7 heteroatoms. The Morgan fingerprint density at radius 1 is 1.42 bits per heavy atom. The molecule has 0 saturated heterocycles. The fraction of sp³-hybridized carbons (Fsp3) is 0.294. The second-order valence-corrected chi connectivity index (χ2v) is 4.88. The Labute approximate surface area is 158 Å². The quantitative estimate of drug-likeness (QED) is 0.325. The van der Waals surface area contributed by atoms with Crippen LogP contribution in [0.3, 0.4) is 0 Å². The molecule has 0 atom stereocenters. The number of benzene rings is 1. The van der Waals surface area contributed by atoms with Crippen LogP contribution in [-0.2, 0) is 6.54 Å². The molecule has 0 aliphatic carbocycles. The van der Waals surface area contributed by atoms with Crippen LogP contribution in [0.4, 0.5) is 4.39 Å². The summed E-state index contributed by atoms with van der Waals surface area (Å²) in [6, 6.07) is 5.08. The van der Waals surface area contributed by atoms with E-state index >= 15 is 0 Å².